The van der Waals surface area contributed by atoms with Gasteiger partial charge in [0.15, 0.2) is 0 Å². The number of benzene rings is 1. The molecule has 1 N–H and O–H groups in total. The second-order valence-corrected chi connectivity index (χ2v) is 10.5. The molecule has 1 saturated heterocycles. The standard InChI is InChI=1S/C20H21ClN4O3S2/c21-19-17(6-3-10-22-19)30(27,28)25-12-8-14(9-13-25)20(26)23-11-7-18-24-15-4-1-2-5-16(15)29-18/h1-6,10,14H,7-9,11-13H2,(H,23,26). The Morgan fingerprint density at radius 3 is 2.70 bits per heavy atom. The number of nitrogens with one attached hydrogen (secondary N) is 1. The third kappa shape index (κ3) is 4.49. The first-order chi connectivity index (χ1) is 14.4. The highest BCUT2D eigenvalue weighted by molar-refractivity contribution is 7.89. The molecule has 0 spiro atoms. The number of piperidine rings is 1. The topological polar surface area (TPSA) is 92.3 Å². The second-order valence-electron chi connectivity index (χ2n) is 7.09. The predicted octanol–water partition coefficient (Wildman–Crippen LogP) is 3.10. The molecule has 1 aromatic carbocycles. The first-order valence-electron chi connectivity index (χ1n) is 9.68. The number of sulfonamides is 1. The Bertz CT molecular complexity index is 1120. The van der Waals surface area contributed by atoms with Gasteiger partial charge in [-0.1, -0.05) is 23.7 Å². The normalized spacial score (nSPS) is 16.0. The van der Waals surface area contributed by atoms with E-state index in [-0.39, 0.29) is 35.0 Å². The van der Waals surface area contributed by atoms with Crippen LogP contribution in [0.4, 0.5) is 0 Å². The summed E-state index contributed by atoms with van der Waals surface area (Å²) in [5.41, 5.74) is 0.978. The maximum atomic E-state index is 12.8. The zero-order valence-electron chi connectivity index (χ0n) is 16.1. The van der Waals surface area contributed by atoms with Gasteiger partial charge in [-0.05, 0) is 37.1 Å². The molecule has 1 fully saturated rings. The van der Waals surface area contributed by atoms with E-state index in [0.717, 1.165) is 15.2 Å². The van der Waals surface area contributed by atoms with Gasteiger partial charge in [0.1, 0.15) is 10.0 Å². The average molecular weight is 465 g/mol. The molecule has 0 atom stereocenters. The van der Waals surface area contributed by atoms with Crippen LogP contribution in [0.3, 0.4) is 0 Å². The lowest BCUT2D eigenvalue weighted by atomic mass is 9.97. The van der Waals surface area contributed by atoms with Crippen LogP contribution in [-0.2, 0) is 21.2 Å². The van der Waals surface area contributed by atoms with Crippen molar-refractivity contribution in [3.63, 3.8) is 0 Å². The van der Waals surface area contributed by atoms with Crippen LogP contribution in [0.5, 0.6) is 0 Å². The third-order valence-corrected chi connectivity index (χ3v) is 8.58. The van der Waals surface area contributed by atoms with Gasteiger partial charge in [0.05, 0.1) is 15.2 Å². The molecule has 0 bridgehead atoms. The van der Waals surface area contributed by atoms with E-state index in [9.17, 15) is 13.2 Å². The summed E-state index contributed by atoms with van der Waals surface area (Å²) in [7, 11) is -3.71. The lowest BCUT2D eigenvalue weighted by Crippen LogP contribution is -2.43. The number of carbonyl (C=O) groups is 1. The monoisotopic (exact) mass is 464 g/mol. The number of thiazole rings is 1. The minimum atomic E-state index is -3.71. The van der Waals surface area contributed by atoms with Crippen molar-refractivity contribution in [2.75, 3.05) is 19.6 Å². The van der Waals surface area contributed by atoms with Crippen LogP contribution >= 0.6 is 22.9 Å². The molecule has 1 amide bonds. The molecule has 0 unspecified atom stereocenters. The van der Waals surface area contributed by atoms with Crippen LogP contribution in [0.1, 0.15) is 17.8 Å². The van der Waals surface area contributed by atoms with Crippen LogP contribution in [0.25, 0.3) is 10.2 Å². The Hall–Kier alpha value is -2.07. The number of amides is 1. The highest BCUT2D eigenvalue weighted by Crippen LogP contribution is 2.27. The molecule has 7 nitrogen and oxygen atoms in total. The molecule has 158 valence electrons. The average Bonchev–Trinajstić information content (AvgIpc) is 3.17. The van der Waals surface area contributed by atoms with Crippen molar-refractivity contribution in [3.8, 4) is 0 Å². The van der Waals surface area contributed by atoms with E-state index in [1.807, 2.05) is 24.3 Å². The van der Waals surface area contributed by atoms with Gasteiger partial charge in [0, 0.05) is 38.2 Å². The largest absolute Gasteiger partial charge is 0.355 e. The van der Waals surface area contributed by atoms with E-state index in [0.29, 0.717) is 25.8 Å². The van der Waals surface area contributed by atoms with E-state index in [4.69, 9.17) is 11.6 Å². The molecule has 10 heteroatoms. The zero-order valence-corrected chi connectivity index (χ0v) is 18.5. The van der Waals surface area contributed by atoms with Crippen LogP contribution in [0.15, 0.2) is 47.5 Å². The van der Waals surface area contributed by atoms with Gasteiger partial charge >= 0.3 is 0 Å². The van der Waals surface area contributed by atoms with Crippen molar-refractivity contribution in [1.82, 2.24) is 19.6 Å². The highest BCUT2D eigenvalue weighted by Gasteiger charge is 2.33. The Morgan fingerprint density at radius 2 is 1.97 bits per heavy atom. The fraction of sp³-hybridized carbons (Fsp3) is 0.350. The van der Waals surface area contributed by atoms with Crippen molar-refractivity contribution in [2.45, 2.75) is 24.2 Å². The number of pyridine rings is 1. The fourth-order valence-electron chi connectivity index (χ4n) is 3.52. The Kier molecular flexibility index (Phi) is 6.33. The van der Waals surface area contributed by atoms with Crippen LogP contribution in [-0.4, -0.2) is 48.2 Å². The van der Waals surface area contributed by atoms with Crippen LogP contribution in [0.2, 0.25) is 5.15 Å². The van der Waals surface area contributed by atoms with E-state index in [1.165, 1.54) is 16.6 Å². The number of fused-ring (bicyclic) bond motifs is 1. The molecular formula is C20H21ClN4O3S2. The zero-order chi connectivity index (χ0) is 21.1. The molecular weight excluding hydrogens is 444 g/mol. The van der Waals surface area contributed by atoms with Crippen molar-refractivity contribution >= 4 is 49.1 Å². The van der Waals surface area contributed by atoms with E-state index in [2.05, 4.69) is 15.3 Å². The molecule has 4 rings (SSSR count). The van der Waals surface area contributed by atoms with Crippen LogP contribution in [0, 0.1) is 5.92 Å². The fourth-order valence-corrected chi connectivity index (χ4v) is 6.39. The van der Waals surface area contributed by atoms with Crippen molar-refractivity contribution in [1.29, 1.82) is 0 Å². The molecule has 0 aliphatic carbocycles. The molecule has 2 aromatic heterocycles. The maximum absolute atomic E-state index is 12.8. The van der Waals surface area contributed by atoms with Gasteiger partial charge in [-0.3, -0.25) is 4.79 Å². The van der Waals surface area contributed by atoms with Gasteiger partial charge in [-0.25, -0.2) is 18.4 Å². The molecule has 3 heterocycles. The maximum Gasteiger partial charge on any atom is 0.246 e. The third-order valence-electron chi connectivity index (χ3n) is 5.14. The van der Waals surface area contributed by atoms with Crippen LogP contribution < -0.4 is 5.32 Å². The van der Waals surface area contributed by atoms with E-state index in [1.54, 1.807) is 17.4 Å². The minimum Gasteiger partial charge on any atom is -0.355 e. The first kappa shape index (κ1) is 21.2. The summed E-state index contributed by atoms with van der Waals surface area (Å²) in [4.78, 5) is 20.9. The first-order valence-corrected chi connectivity index (χ1v) is 12.3. The Morgan fingerprint density at radius 1 is 1.20 bits per heavy atom. The molecule has 3 aromatic rings. The minimum absolute atomic E-state index is 0.00500. The number of hydrogen-bond donors (Lipinski definition) is 1. The summed E-state index contributed by atoms with van der Waals surface area (Å²) >= 11 is 7.59. The number of rotatable bonds is 6. The van der Waals surface area contributed by atoms with Gasteiger partial charge in [0.2, 0.25) is 15.9 Å². The summed E-state index contributed by atoms with van der Waals surface area (Å²) in [6, 6.07) is 11.0. The summed E-state index contributed by atoms with van der Waals surface area (Å²) in [5.74, 6) is -0.233. The van der Waals surface area contributed by atoms with Gasteiger partial charge < -0.3 is 5.32 Å². The molecule has 30 heavy (non-hydrogen) atoms. The molecule has 0 saturated carbocycles. The SMILES string of the molecule is O=C(NCCc1nc2ccccc2s1)C1CCN(S(=O)(=O)c2cccnc2Cl)CC1. The molecule has 1 aliphatic rings. The second kappa shape index (κ2) is 8.97. The van der Waals surface area contributed by atoms with Crippen molar-refractivity contribution < 1.29 is 13.2 Å². The van der Waals surface area contributed by atoms with Gasteiger partial charge in [-0.2, -0.15) is 4.31 Å². The summed E-state index contributed by atoms with van der Waals surface area (Å²) in [6.07, 6.45) is 3.08. The number of para-hydroxylation sites is 1. The Balaban J connectivity index is 1.28. The Labute approximate surface area is 184 Å². The number of halogens is 1. The number of nitrogens with zero attached hydrogens (tertiary/aromatic N) is 3. The van der Waals surface area contributed by atoms with Crippen molar-refractivity contribution in [2.24, 2.45) is 5.92 Å². The number of hydrogen-bond acceptors (Lipinski definition) is 6. The van der Waals surface area contributed by atoms with E-state index >= 15 is 0 Å². The lowest BCUT2D eigenvalue weighted by Gasteiger charge is -2.30. The summed E-state index contributed by atoms with van der Waals surface area (Å²) in [6.45, 7) is 1.08. The predicted molar refractivity (Wildman–Crippen MR) is 117 cm³/mol. The quantitative estimate of drug-likeness (QED) is 0.566. The summed E-state index contributed by atoms with van der Waals surface area (Å²) in [5, 5.41) is 3.92. The van der Waals surface area contributed by atoms with Gasteiger partial charge in [0.25, 0.3) is 0 Å². The van der Waals surface area contributed by atoms with E-state index < -0.39 is 10.0 Å². The summed E-state index contributed by atoms with van der Waals surface area (Å²) < 4.78 is 28.1. The number of carbonyl (C=O) groups excluding carboxylic acids is 1. The highest BCUT2D eigenvalue weighted by atomic mass is 35.5. The smallest absolute Gasteiger partial charge is 0.246 e. The molecule has 1 aliphatic heterocycles. The molecule has 0 radical (unpaired) electrons. The lowest BCUT2D eigenvalue weighted by molar-refractivity contribution is -0.126. The van der Waals surface area contributed by atoms with Crippen molar-refractivity contribution in [3.05, 3.63) is 52.8 Å². The van der Waals surface area contributed by atoms with Gasteiger partial charge in [-0.15, -0.1) is 11.3 Å². The number of aromatic nitrogens is 2.